The molecule has 7 nitrogen and oxygen atoms in total. The maximum absolute atomic E-state index is 12.7. The van der Waals surface area contributed by atoms with Crippen LogP contribution in [-0.2, 0) is 14.8 Å². The van der Waals surface area contributed by atoms with Crippen LogP contribution in [0.5, 0.6) is 0 Å². The molecule has 1 aromatic heterocycles. The van der Waals surface area contributed by atoms with Crippen molar-refractivity contribution < 1.29 is 22.4 Å². The molecular weight excluding hydrogens is 404 g/mol. The van der Waals surface area contributed by atoms with E-state index < -0.39 is 10.0 Å². The molecule has 1 aliphatic rings. The van der Waals surface area contributed by atoms with Gasteiger partial charge in [0.2, 0.25) is 10.0 Å². The van der Waals surface area contributed by atoms with Crippen LogP contribution in [-0.4, -0.2) is 33.6 Å². The van der Waals surface area contributed by atoms with Crippen LogP contribution in [0.4, 0.5) is 0 Å². The van der Waals surface area contributed by atoms with Crippen LogP contribution in [0.1, 0.15) is 41.9 Å². The molecule has 0 unspecified atom stereocenters. The Kier molecular flexibility index (Phi) is 5.90. The van der Waals surface area contributed by atoms with Gasteiger partial charge in [0.25, 0.3) is 5.91 Å². The molecule has 158 valence electrons. The van der Waals surface area contributed by atoms with Crippen LogP contribution in [0.15, 0.2) is 63.9 Å². The van der Waals surface area contributed by atoms with Gasteiger partial charge in [0.15, 0.2) is 0 Å². The first kappa shape index (κ1) is 20.6. The number of hydrogen-bond acceptors (Lipinski definition) is 5. The number of para-hydroxylation sites is 1. The number of furan rings is 1. The third kappa shape index (κ3) is 4.56. The molecule has 1 amide bonds. The van der Waals surface area contributed by atoms with E-state index in [0.717, 1.165) is 23.8 Å². The van der Waals surface area contributed by atoms with Crippen molar-refractivity contribution in [3.8, 4) is 0 Å². The standard InChI is InChI=1S/C22H24N2O5S/c1-15(21-13-16-6-2-3-10-20(16)29-21)24-22(25)17-7-4-9-19(12-17)30(26,27)23-14-18-8-5-11-28-18/h2-4,6-7,9-10,12-13,15,18,23H,5,8,11,14H2,1H3,(H,24,25)/t15-,18+/m0/s1. The average molecular weight is 429 g/mol. The average Bonchev–Trinajstić information content (AvgIpc) is 3.42. The lowest BCUT2D eigenvalue weighted by Crippen LogP contribution is -2.32. The normalized spacial score (nSPS) is 17.8. The lowest BCUT2D eigenvalue weighted by atomic mass is 10.1. The third-order valence-electron chi connectivity index (χ3n) is 5.15. The summed E-state index contributed by atoms with van der Waals surface area (Å²) in [4.78, 5) is 12.7. The lowest BCUT2D eigenvalue weighted by Gasteiger charge is -2.13. The summed E-state index contributed by atoms with van der Waals surface area (Å²) in [5.74, 6) is 0.255. The SMILES string of the molecule is C[C@H](NC(=O)c1cccc(S(=O)(=O)NC[C@H]2CCCO2)c1)c1cc2ccccc2o1. The number of fused-ring (bicyclic) bond motifs is 1. The Balaban J connectivity index is 1.45. The third-order valence-corrected chi connectivity index (χ3v) is 6.57. The number of carbonyl (C=O) groups is 1. The van der Waals surface area contributed by atoms with Gasteiger partial charge in [-0.05, 0) is 50.1 Å². The fourth-order valence-corrected chi connectivity index (χ4v) is 4.57. The first-order valence-corrected chi connectivity index (χ1v) is 11.4. The largest absolute Gasteiger partial charge is 0.459 e. The smallest absolute Gasteiger partial charge is 0.251 e. The predicted molar refractivity (Wildman–Crippen MR) is 113 cm³/mol. The van der Waals surface area contributed by atoms with E-state index in [1.165, 1.54) is 12.1 Å². The highest BCUT2D eigenvalue weighted by Crippen LogP contribution is 2.24. The zero-order valence-corrected chi connectivity index (χ0v) is 17.4. The molecule has 0 bridgehead atoms. The van der Waals surface area contributed by atoms with Gasteiger partial charge in [-0.2, -0.15) is 0 Å². The highest BCUT2D eigenvalue weighted by Gasteiger charge is 2.22. The summed E-state index contributed by atoms with van der Waals surface area (Å²) < 4.78 is 39.0. The lowest BCUT2D eigenvalue weighted by molar-refractivity contribution is 0.0935. The molecule has 2 aromatic carbocycles. The van der Waals surface area contributed by atoms with Crippen LogP contribution < -0.4 is 10.0 Å². The van der Waals surface area contributed by atoms with Crippen molar-refractivity contribution in [1.29, 1.82) is 0 Å². The number of hydrogen-bond donors (Lipinski definition) is 2. The zero-order chi connectivity index (χ0) is 21.1. The molecule has 0 spiro atoms. The Bertz CT molecular complexity index is 1120. The maximum Gasteiger partial charge on any atom is 0.251 e. The minimum absolute atomic E-state index is 0.0459. The Hall–Kier alpha value is -2.68. The molecule has 1 aliphatic heterocycles. The maximum atomic E-state index is 12.7. The molecule has 30 heavy (non-hydrogen) atoms. The minimum atomic E-state index is -3.73. The van der Waals surface area contributed by atoms with E-state index in [-0.39, 0.29) is 35.1 Å². The predicted octanol–water partition coefficient (Wildman–Crippen LogP) is 3.38. The summed E-state index contributed by atoms with van der Waals surface area (Å²) in [5.41, 5.74) is 1.01. The summed E-state index contributed by atoms with van der Waals surface area (Å²) in [7, 11) is -3.73. The second-order valence-electron chi connectivity index (χ2n) is 7.40. The molecule has 0 saturated carbocycles. The van der Waals surface area contributed by atoms with Crippen molar-refractivity contribution in [2.75, 3.05) is 13.2 Å². The van der Waals surface area contributed by atoms with Crippen LogP contribution in [0.2, 0.25) is 0 Å². The summed E-state index contributed by atoms with van der Waals surface area (Å²) in [6.45, 7) is 2.70. The molecule has 1 saturated heterocycles. The van der Waals surface area contributed by atoms with Crippen molar-refractivity contribution in [3.63, 3.8) is 0 Å². The molecule has 2 N–H and O–H groups in total. The summed E-state index contributed by atoms with van der Waals surface area (Å²) in [6, 6.07) is 15.1. The van der Waals surface area contributed by atoms with Crippen molar-refractivity contribution in [1.82, 2.24) is 10.0 Å². The Morgan fingerprint density at radius 1 is 1.17 bits per heavy atom. The van der Waals surface area contributed by atoms with Crippen molar-refractivity contribution in [3.05, 3.63) is 65.9 Å². The van der Waals surface area contributed by atoms with Crippen LogP contribution >= 0.6 is 0 Å². The van der Waals surface area contributed by atoms with Crippen molar-refractivity contribution in [2.45, 2.75) is 36.8 Å². The molecule has 4 rings (SSSR count). The number of benzene rings is 2. The number of amides is 1. The van der Waals surface area contributed by atoms with E-state index in [4.69, 9.17) is 9.15 Å². The van der Waals surface area contributed by atoms with Gasteiger partial charge >= 0.3 is 0 Å². The highest BCUT2D eigenvalue weighted by atomic mass is 32.2. The monoisotopic (exact) mass is 428 g/mol. The Morgan fingerprint density at radius 3 is 2.77 bits per heavy atom. The van der Waals surface area contributed by atoms with Gasteiger partial charge in [0.05, 0.1) is 17.0 Å². The van der Waals surface area contributed by atoms with Gasteiger partial charge in [0.1, 0.15) is 11.3 Å². The molecule has 8 heteroatoms. The van der Waals surface area contributed by atoms with E-state index in [9.17, 15) is 13.2 Å². The van der Waals surface area contributed by atoms with Gasteiger partial charge in [-0.15, -0.1) is 0 Å². The first-order valence-electron chi connectivity index (χ1n) is 9.93. The van der Waals surface area contributed by atoms with Gasteiger partial charge in [-0.1, -0.05) is 24.3 Å². The minimum Gasteiger partial charge on any atom is -0.459 e. The number of rotatable bonds is 7. The summed E-state index contributed by atoms with van der Waals surface area (Å²) in [6.07, 6.45) is 1.67. The van der Waals surface area contributed by atoms with Gasteiger partial charge in [0, 0.05) is 24.1 Å². The summed E-state index contributed by atoms with van der Waals surface area (Å²) >= 11 is 0. The molecule has 0 radical (unpaired) electrons. The highest BCUT2D eigenvalue weighted by molar-refractivity contribution is 7.89. The second-order valence-corrected chi connectivity index (χ2v) is 9.16. The van der Waals surface area contributed by atoms with E-state index in [0.29, 0.717) is 12.4 Å². The second kappa shape index (κ2) is 8.59. The number of ether oxygens (including phenoxy) is 1. The summed E-state index contributed by atoms with van der Waals surface area (Å²) in [5, 5.41) is 3.82. The molecule has 2 atom stereocenters. The molecule has 1 fully saturated rings. The van der Waals surface area contributed by atoms with Crippen molar-refractivity contribution in [2.24, 2.45) is 0 Å². The van der Waals surface area contributed by atoms with Gasteiger partial charge in [-0.25, -0.2) is 13.1 Å². The van der Waals surface area contributed by atoms with Crippen LogP contribution in [0, 0.1) is 0 Å². The zero-order valence-electron chi connectivity index (χ0n) is 16.6. The quantitative estimate of drug-likeness (QED) is 0.601. The number of nitrogens with one attached hydrogen (secondary N) is 2. The number of sulfonamides is 1. The van der Waals surface area contributed by atoms with Crippen LogP contribution in [0.3, 0.4) is 0 Å². The number of carbonyl (C=O) groups excluding carboxylic acids is 1. The fourth-order valence-electron chi connectivity index (χ4n) is 3.46. The molecule has 2 heterocycles. The molecule has 0 aliphatic carbocycles. The molecule has 3 aromatic rings. The first-order chi connectivity index (χ1) is 14.4. The Labute approximate surface area is 175 Å². The molecular formula is C22H24N2O5S. The topological polar surface area (TPSA) is 97.6 Å². The van der Waals surface area contributed by atoms with Crippen molar-refractivity contribution >= 4 is 26.9 Å². The van der Waals surface area contributed by atoms with Gasteiger partial charge in [-0.3, -0.25) is 4.79 Å². The van der Waals surface area contributed by atoms with E-state index in [1.807, 2.05) is 37.3 Å². The Morgan fingerprint density at radius 2 is 2.00 bits per heavy atom. The van der Waals surface area contributed by atoms with Crippen LogP contribution in [0.25, 0.3) is 11.0 Å². The van der Waals surface area contributed by atoms with Gasteiger partial charge < -0.3 is 14.5 Å². The van der Waals surface area contributed by atoms with E-state index in [2.05, 4.69) is 10.0 Å². The fraction of sp³-hybridized carbons (Fsp3) is 0.318. The van der Waals surface area contributed by atoms with E-state index >= 15 is 0 Å². The van der Waals surface area contributed by atoms with E-state index in [1.54, 1.807) is 12.1 Å².